The van der Waals surface area contributed by atoms with Crippen LogP contribution in [0, 0.1) is 11.6 Å². The molecule has 0 aliphatic carbocycles. The van der Waals surface area contributed by atoms with Crippen LogP contribution >= 0.6 is 15.9 Å². The fourth-order valence-corrected chi connectivity index (χ4v) is 0.949. The molecule has 0 spiro atoms. The van der Waals surface area contributed by atoms with Crippen molar-refractivity contribution in [3.05, 3.63) is 28.2 Å². The zero-order valence-corrected chi connectivity index (χ0v) is 6.95. The molecule has 11 heavy (non-hydrogen) atoms. The van der Waals surface area contributed by atoms with Crippen molar-refractivity contribution in [2.75, 3.05) is 5.43 Å². The summed E-state index contributed by atoms with van der Waals surface area (Å²) in [6, 6.07) is 1.98. The van der Waals surface area contributed by atoms with Gasteiger partial charge in [0.25, 0.3) is 0 Å². The van der Waals surface area contributed by atoms with Gasteiger partial charge in [-0.2, -0.15) is 0 Å². The Hall–Kier alpha value is -0.680. The van der Waals surface area contributed by atoms with E-state index in [9.17, 15) is 8.78 Å². The summed E-state index contributed by atoms with van der Waals surface area (Å²) in [7, 11) is 0. The third-order valence-corrected chi connectivity index (χ3v) is 1.77. The first-order chi connectivity index (χ1) is 5.15. The highest BCUT2D eigenvalue weighted by Gasteiger charge is 2.05. The van der Waals surface area contributed by atoms with Gasteiger partial charge in [0.1, 0.15) is 11.6 Å². The number of rotatable bonds is 1. The molecule has 0 aromatic heterocycles. The Morgan fingerprint density at radius 3 is 2.45 bits per heavy atom. The molecule has 3 N–H and O–H groups in total. The summed E-state index contributed by atoms with van der Waals surface area (Å²) in [5.74, 6) is 3.74. The zero-order chi connectivity index (χ0) is 8.43. The van der Waals surface area contributed by atoms with Gasteiger partial charge in [-0.15, -0.1) is 0 Å². The molecule has 1 aromatic carbocycles. The Balaban J connectivity index is 3.21. The second-order valence-corrected chi connectivity index (χ2v) is 2.74. The molecule has 5 heteroatoms. The van der Waals surface area contributed by atoms with Gasteiger partial charge >= 0.3 is 0 Å². The average Bonchev–Trinajstić information content (AvgIpc) is 1.97. The first-order valence-corrected chi connectivity index (χ1v) is 3.55. The van der Waals surface area contributed by atoms with Crippen molar-refractivity contribution in [2.24, 2.45) is 5.84 Å². The molecule has 1 rings (SSSR count). The van der Waals surface area contributed by atoms with E-state index in [1.54, 1.807) is 0 Å². The molecule has 0 atom stereocenters. The van der Waals surface area contributed by atoms with E-state index < -0.39 is 11.6 Å². The van der Waals surface area contributed by atoms with Gasteiger partial charge in [-0.25, -0.2) is 8.78 Å². The average molecular weight is 223 g/mol. The van der Waals surface area contributed by atoms with Crippen molar-refractivity contribution < 1.29 is 8.78 Å². The van der Waals surface area contributed by atoms with Crippen LogP contribution < -0.4 is 11.3 Å². The number of benzene rings is 1. The minimum atomic E-state index is -0.597. The lowest BCUT2D eigenvalue weighted by molar-refractivity contribution is 0.597. The zero-order valence-electron chi connectivity index (χ0n) is 5.37. The minimum absolute atomic E-state index is 0.0642. The standard InChI is InChI=1S/C6H5BrF2N2/c7-3-1-5(9)6(11-10)2-4(3)8/h1-2,11H,10H2. The Labute approximate surface area is 70.5 Å². The minimum Gasteiger partial charge on any atom is -0.321 e. The summed E-state index contributed by atoms with van der Waals surface area (Å²) >= 11 is 2.83. The molecule has 60 valence electrons. The molecule has 0 bridgehead atoms. The molecule has 0 unspecified atom stereocenters. The van der Waals surface area contributed by atoms with Crippen LogP contribution in [0.1, 0.15) is 0 Å². The highest BCUT2D eigenvalue weighted by Crippen LogP contribution is 2.22. The summed E-state index contributed by atoms with van der Waals surface area (Å²) in [5.41, 5.74) is 1.96. The maximum atomic E-state index is 12.7. The van der Waals surface area contributed by atoms with E-state index in [4.69, 9.17) is 5.84 Å². The maximum absolute atomic E-state index is 12.7. The Kier molecular flexibility index (Phi) is 2.41. The summed E-state index contributed by atoms with van der Waals surface area (Å²) in [4.78, 5) is 0. The molecule has 0 saturated heterocycles. The number of hydrazine groups is 1. The van der Waals surface area contributed by atoms with Crippen molar-refractivity contribution >= 4 is 21.6 Å². The summed E-state index contributed by atoms with van der Waals surface area (Å²) < 4.78 is 25.4. The molecule has 0 heterocycles. The van der Waals surface area contributed by atoms with Crippen LogP contribution in [-0.2, 0) is 0 Å². The summed E-state index contributed by atoms with van der Waals surface area (Å²) in [6.45, 7) is 0. The largest absolute Gasteiger partial charge is 0.321 e. The lowest BCUT2D eigenvalue weighted by atomic mass is 10.3. The first-order valence-electron chi connectivity index (χ1n) is 2.76. The molecular formula is C6H5BrF2N2. The van der Waals surface area contributed by atoms with E-state index in [2.05, 4.69) is 15.9 Å². The molecule has 0 aliphatic rings. The molecule has 1 aromatic rings. The smallest absolute Gasteiger partial charge is 0.148 e. The van der Waals surface area contributed by atoms with E-state index in [1.165, 1.54) is 0 Å². The van der Waals surface area contributed by atoms with E-state index in [-0.39, 0.29) is 10.2 Å². The fourth-order valence-electron chi connectivity index (χ4n) is 0.633. The summed E-state index contributed by atoms with van der Waals surface area (Å²) in [5, 5.41) is 0. The van der Waals surface area contributed by atoms with Gasteiger partial charge in [0, 0.05) is 6.07 Å². The Bertz CT molecular complexity index is 278. The molecular weight excluding hydrogens is 218 g/mol. The molecule has 0 aliphatic heterocycles. The predicted molar refractivity (Wildman–Crippen MR) is 41.9 cm³/mol. The second kappa shape index (κ2) is 3.15. The normalized spacial score (nSPS) is 9.82. The SMILES string of the molecule is NNc1cc(F)c(Br)cc1F. The number of anilines is 1. The van der Waals surface area contributed by atoms with Gasteiger partial charge in [-0.05, 0) is 22.0 Å². The van der Waals surface area contributed by atoms with Crippen LogP contribution in [0.4, 0.5) is 14.5 Å². The number of nitrogen functional groups attached to an aromatic ring is 1. The topological polar surface area (TPSA) is 38.0 Å². The Morgan fingerprint density at radius 1 is 1.27 bits per heavy atom. The van der Waals surface area contributed by atoms with Gasteiger partial charge in [-0.3, -0.25) is 5.84 Å². The lowest BCUT2D eigenvalue weighted by Crippen LogP contribution is -2.08. The quantitative estimate of drug-likeness (QED) is 0.434. The maximum Gasteiger partial charge on any atom is 0.148 e. The van der Waals surface area contributed by atoms with Crippen LogP contribution in [0.15, 0.2) is 16.6 Å². The van der Waals surface area contributed by atoms with Crippen molar-refractivity contribution in [1.29, 1.82) is 0 Å². The predicted octanol–water partition coefficient (Wildman–Crippen LogP) is 2.01. The second-order valence-electron chi connectivity index (χ2n) is 1.89. The number of halogens is 3. The van der Waals surface area contributed by atoms with E-state index in [0.29, 0.717) is 0 Å². The van der Waals surface area contributed by atoms with E-state index in [1.807, 2.05) is 5.43 Å². The highest BCUT2D eigenvalue weighted by molar-refractivity contribution is 9.10. The van der Waals surface area contributed by atoms with E-state index >= 15 is 0 Å². The first kappa shape index (κ1) is 8.42. The van der Waals surface area contributed by atoms with Crippen LogP contribution in [0.2, 0.25) is 0 Å². The third kappa shape index (κ3) is 1.66. The molecule has 0 radical (unpaired) electrons. The van der Waals surface area contributed by atoms with Crippen molar-refractivity contribution in [3.63, 3.8) is 0 Å². The van der Waals surface area contributed by atoms with Crippen LogP contribution in [0.3, 0.4) is 0 Å². The van der Waals surface area contributed by atoms with E-state index in [0.717, 1.165) is 12.1 Å². The molecule has 0 saturated carbocycles. The number of hydrogen-bond acceptors (Lipinski definition) is 2. The Morgan fingerprint density at radius 2 is 1.91 bits per heavy atom. The van der Waals surface area contributed by atoms with Crippen molar-refractivity contribution in [3.8, 4) is 0 Å². The number of nitrogens with two attached hydrogens (primary N) is 1. The van der Waals surface area contributed by atoms with Crippen LogP contribution in [-0.4, -0.2) is 0 Å². The highest BCUT2D eigenvalue weighted by atomic mass is 79.9. The van der Waals surface area contributed by atoms with Gasteiger partial charge in [-0.1, -0.05) is 0 Å². The summed E-state index contributed by atoms with van der Waals surface area (Å²) in [6.07, 6.45) is 0. The lowest BCUT2D eigenvalue weighted by Gasteiger charge is -2.02. The third-order valence-electron chi connectivity index (χ3n) is 1.17. The van der Waals surface area contributed by atoms with Crippen LogP contribution in [0.25, 0.3) is 0 Å². The van der Waals surface area contributed by atoms with Gasteiger partial charge in [0.15, 0.2) is 0 Å². The van der Waals surface area contributed by atoms with Gasteiger partial charge < -0.3 is 5.43 Å². The van der Waals surface area contributed by atoms with Crippen molar-refractivity contribution in [1.82, 2.24) is 0 Å². The monoisotopic (exact) mass is 222 g/mol. The molecule has 0 fully saturated rings. The molecule has 2 nitrogen and oxygen atoms in total. The fraction of sp³-hybridized carbons (Fsp3) is 0. The number of nitrogens with one attached hydrogen (secondary N) is 1. The van der Waals surface area contributed by atoms with Crippen LogP contribution in [0.5, 0.6) is 0 Å². The number of hydrogen-bond donors (Lipinski definition) is 2. The van der Waals surface area contributed by atoms with Gasteiger partial charge in [0.2, 0.25) is 0 Å². The van der Waals surface area contributed by atoms with Crippen molar-refractivity contribution in [2.45, 2.75) is 0 Å². The molecule has 0 amide bonds. The van der Waals surface area contributed by atoms with Gasteiger partial charge in [0.05, 0.1) is 10.2 Å².